The van der Waals surface area contributed by atoms with Crippen molar-refractivity contribution in [2.45, 2.75) is 32.7 Å². The van der Waals surface area contributed by atoms with Crippen LogP contribution in [0.3, 0.4) is 0 Å². The zero-order chi connectivity index (χ0) is 22.5. The Morgan fingerprint density at radius 2 is 1.94 bits per heavy atom. The molecule has 0 amide bonds. The predicted molar refractivity (Wildman–Crippen MR) is 121 cm³/mol. The summed E-state index contributed by atoms with van der Waals surface area (Å²) in [6, 6.07) is 12.2. The molecule has 2 aromatic heterocycles. The Kier molecular flexibility index (Phi) is 6.72. The maximum Gasteiger partial charge on any atom is 0.232 e. The highest BCUT2D eigenvalue weighted by atomic mass is 19.1. The van der Waals surface area contributed by atoms with Gasteiger partial charge in [-0.2, -0.15) is 10.2 Å². The highest BCUT2D eigenvalue weighted by Gasteiger charge is 2.27. The van der Waals surface area contributed by atoms with Crippen molar-refractivity contribution in [1.29, 1.82) is 5.26 Å². The van der Waals surface area contributed by atoms with E-state index in [-0.39, 0.29) is 17.6 Å². The molecule has 1 atom stereocenters. The van der Waals surface area contributed by atoms with E-state index in [2.05, 4.69) is 28.2 Å². The zero-order valence-corrected chi connectivity index (χ0v) is 18.3. The molecule has 0 aliphatic carbocycles. The van der Waals surface area contributed by atoms with Crippen LogP contribution < -0.4 is 5.32 Å². The van der Waals surface area contributed by atoms with Gasteiger partial charge in [0.05, 0.1) is 6.04 Å². The molecule has 32 heavy (non-hydrogen) atoms. The maximum absolute atomic E-state index is 13.1. The Morgan fingerprint density at radius 1 is 1.19 bits per heavy atom. The maximum atomic E-state index is 13.1. The van der Waals surface area contributed by atoms with E-state index >= 15 is 0 Å². The van der Waals surface area contributed by atoms with Gasteiger partial charge in [0, 0.05) is 12.6 Å². The molecule has 1 saturated heterocycles. The second-order valence-corrected chi connectivity index (χ2v) is 8.29. The van der Waals surface area contributed by atoms with E-state index in [9.17, 15) is 9.65 Å². The molecule has 0 radical (unpaired) electrons. The van der Waals surface area contributed by atoms with Crippen molar-refractivity contribution in [3.8, 4) is 6.07 Å². The first-order valence-corrected chi connectivity index (χ1v) is 10.9. The van der Waals surface area contributed by atoms with Crippen molar-refractivity contribution in [3.05, 3.63) is 70.9 Å². The second kappa shape index (κ2) is 9.84. The van der Waals surface area contributed by atoms with Crippen LogP contribution >= 0.6 is 0 Å². The lowest BCUT2D eigenvalue weighted by Crippen LogP contribution is -2.39. The minimum Gasteiger partial charge on any atom is -0.465 e. The van der Waals surface area contributed by atoms with Crippen molar-refractivity contribution < 1.29 is 13.2 Å². The van der Waals surface area contributed by atoms with Gasteiger partial charge < -0.3 is 14.2 Å². The summed E-state index contributed by atoms with van der Waals surface area (Å²) >= 11 is 0. The number of rotatable bonds is 7. The van der Waals surface area contributed by atoms with Gasteiger partial charge in [-0.15, -0.1) is 0 Å². The Bertz CT molecular complexity index is 1100. The predicted octanol–water partition coefficient (Wildman–Crippen LogP) is 5.64. The zero-order valence-electron chi connectivity index (χ0n) is 18.3. The van der Waals surface area contributed by atoms with Crippen LogP contribution in [0.1, 0.15) is 54.5 Å². The van der Waals surface area contributed by atoms with Crippen LogP contribution in [-0.4, -0.2) is 29.5 Å². The Labute approximate surface area is 187 Å². The van der Waals surface area contributed by atoms with E-state index in [4.69, 9.17) is 8.83 Å². The van der Waals surface area contributed by atoms with Gasteiger partial charge in [-0.25, -0.2) is 4.39 Å². The molecule has 3 heterocycles. The number of nitrogens with zero attached hydrogens (tertiary/aromatic N) is 3. The van der Waals surface area contributed by atoms with E-state index in [1.54, 1.807) is 24.3 Å². The standard InChI is InChI=1S/C25H27FN4O2/c1-17-11-13-30(14-12-17)22(23-9-3-18(2)31-23)16-28-25-21(15-27)29-24(32-25)10-6-19-4-7-20(26)8-5-19/h3-10,17,22,28H,11-14,16H2,1-2H3/b10-6+. The van der Waals surface area contributed by atoms with Gasteiger partial charge in [-0.1, -0.05) is 19.1 Å². The van der Waals surface area contributed by atoms with Crippen LogP contribution in [0.4, 0.5) is 10.3 Å². The third-order valence-electron chi connectivity index (χ3n) is 5.84. The minimum absolute atomic E-state index is 0.0334. The van der Waals surface area contributed by atoms with Crippen LogP contribution in [0.5, 0.6) is 0 Å². The SMILES string of the molecule is Cc1ccc(C(CNc2oc(/C=C/c3ccc(F)cc3)nc2C#N)N2CCC(C)CC2)o1. The number of benzene rings is 1. The molecule has 166 valence electrons. The minimum atomic E-state index is -0.291. The van der Waals surface area contributed by atoms with Gasteiger partial charge in [0.15, 0.2) is 0 Å². The molecule has 1 aromatic carbocycles. The van der Waals surface area contributed by atoms with E-state index in [1.165, 1.54) is 12.1 Å². The van der Waals surface area contributed by atoms with Gasteiger partial charge >= 0.3 is 0 Å². The third kappa shape index (κ3) is 5.27. The summed E-state index contributed by atoms with van der Waals surface area (Å²) in [5, 5.41) is 12.8. The Morgan fingerprint density at radius 3 is 2.59 bits per heavy atom. The summed E-state index contributed by atoms with van der Waals surface area (Å²) in [7, 11) is 0. The lowest BCUT2D eigenvalue weighted by Gasteiger charge is -2.35. The Hall–Kier alpha value is -3.37. The lowest BCUT2D eigenvalue weighted by atomic mass is 9.97. The summed E-state index contributed by atoms with van der Waals surface area (Å²) in [5.41, 5.74) is 1.01. The molecule has 4 rings (SSSR count). The first kappa shape index (κ1) is 21.8. The number of oxazole rings is 1. The lowest BCUT2D eigenvalue weighted by molar-refractivity contribution is 0.128. The van der Waals surface area contributed by atoms with Crippen molar-refractivity contribution in [1.82, 2.24) is 9.88 Å². The average Bonchev–Trinajstić information content (AvgIpc) is 3.40. The summed E-state index contributed by atoms with van der Waals surface area (Å²) in [6.45, 7) is 6.76. The molecule has 1 unspecified atom stereocenters. The number of hydrogen-bond donors (Lipinski definition) is 1. The molecule has 0 bridgehead atoms. The molecule has 1 N–H and O–H groups in total. The van der Waals surface area contributed by atoms with Crippen LogP contribution in [0.2, 0.25) is 0 Å². The normalized spacial score (nSPS) is 16.3. The quantitative estimate of drug-likeness (QED) is 0.518. The van der Waals surface area contributed by atoms with E-state index in [0.717, 1.165) is 48.9 Å². The van der Waals surface area contributed by atoms with Gasteiger partial charge in [-0.05, 0) is 74.7 Å². The number of nitrogens with one attached hydrogen (secondary N) is 1. The molecule has 6 nitrogen and oxygen atoms in total. The molecule has 0 saturated carbocycles. The van der Waals surface area contributed by atoms with E-state index in [1.807, 2.05) is 19.1 Å². The number of furan rings is 1. The first-order chi connectivity index (χ1) is 15.5. The summed E-state index contributed by atoms with van der Waals surface area (Å²) < 4.78 is 24.8. The smallest absolute Gasteiger partial charge is 0.232 e. The monoisotopic (exact) mass is 434 g/mol. The van der Waals surface area contributed by atoms with Crippen molar-refractivity contribution in [3.63, 3.8) is 0 Å². The molecule has 3 aromatic rings. The molecular weight excluding hydrogens is 407 g/mol. The van der Waals surface area contributed by atoms with Crippen LogP contribution in [0, 0.1) is 30.0 Å². The highest BCUT2D eigenvalue weighted by molar-refractivity contribution is 5.67. The fourth-order valence-electron chi connectivity index (χ4n) is 3.92. The summed E-state index contributed by atoms with van der Waals surface area (Å²) in [6.07, 6.45) is 5.73. The van der Waals surface area contributed by atoms with Gasteiger partial charge in [0.1, 0.15) is 23.4 Å². The van der Waals surface area contributed by atoms with Gasteiger partial charge in [-0.3, -0.25) is 4.90 Å². The number of halogens is 1. The third-order valence-corrected chi connectivity index (χ3v) is 5.84. The largest absolute Gasteiger partial charge is 0.465 e. The summed E-state index contributed by atoms with van der Waals surface area (Å²) in [5.74, 6) is 2.87. The van der Waals surface area contributed by atoms with Crippen molar-refractivity contribution in [2.75, 3.05) is 25.0 Å². The number of hydrogen-bond acceptors (Lipinski definition) is 6. The number of aryl methyl sites for hydroxylation is 1. The molecule has 1 aliphatic rings. The fraction of sp³-hybridized carbons (Fsp3) is 0.360. The number of anilines is 1. The number of piperidine rings is 1. The summed E-state index contributed by atoms with van der Waals surface area (Å²) in [4.78, 5) is 6.67. The topological polar surface area (TPSA) is 78.2 Å². The second-order valence-electron chi connectivity index (χ2n) is 8.29. The number of aromatic nitrogens is 1. The number of nitriles is 1. The molecule has 1 fully saturated rings. The van der Waals surface area contributed by atoms with Crippen LogP contribution in [0.15, 0.2) is 45.2 Å². The van der Waals surface area contributed by atoms with Gasteiger partial charge in [0.2, 0.25) is 17.5 Å². The average molecular weight is 435 g/mol. The molecule has 1 aliphatic heterocycles. The highest BCUT2D eigenvalue weighted by Crippen LogP contribution is 2.29. The molecule has 0 spiro atoms. The van der Waals surface area contributed by atoms with Crippen LogP contribution in [0.25, 0.3) is 12.2 Å². The fourth-order valence-corrected chi connectivity index (χ4v) is 3.92. The Balaban J connectivity index is 1.49. The van der Waals surface area contributed by atoms with Crippen molar-refractivity contribution in [2.24, 2.45) is 5.92 Å². The van der Waals surface area contributed by atoms with Gasteiger partial charge in [0.25, 0.3) is 0 Å². The van der Waals surface area contributed by atoms with Crippen LogP contribution in [-0.2, 0) is 0 Å². The van der Waals surface area contributed by atoms with E-state index < -0.39 is 0 Å². The van der Waals surface area contributed by atoms with E-state index in [0.29, 0.717) is 18.3 Å². The molecule has 7 heteroatoms. The molecular formula is C25H27FN4O2. The van der Waals surface area contributed by atoms with Crippen molar-refractivity contribution >= 4 is 18.0 Å². The first-order valence-electron chi connectivity index (χ1n) is 10.9. The number of likely N-dealkylation sites (tertiary alicyclic amines) is 1.